The summed E-state index contributed by atoms with van der Waals surface area (Å²) < 4.78 is 67.1. The quantitative estimate of drug-likeness (QED) is 0.290. The molecule has 2 aromatic carbocycles. The van der Waals surface area contributed by atoms with E-state index in [1.807, 2.05) is 4.72 Å². The Labute approximate surface area is 262 Å². The molecule has 1 amide bonds. The first-order valence-electron chi connectivity index (χ1n) is 14.9. The number of carbonyl (C=O) groups excluding carboxylic acids is 1. The maximum atomic E-state index is 16.2. The zero-order valence-corrected chi connectivity index (χ0v) is 25.9. The van der Waals surface area contributed by atoms with Gasteiger partial charge in [0, 0.05) is 35.9 Å². The zero-order chi connectivity index (χ0) is 31.3. The molecule has 0 unspecified atom stereocenters. The molecule has 0 bridgehead atoms. The SMILES string of the molecule is NC1CCN(C(=O)[C@@H](NS(=O)(=O)c2ccc(OCC3CCCCC3)cc2)C(F)(F)c2ccc(-c3ccc(Cl)cc3)cn2)CC1. The first-order valence-corrected chi connectivity index (χ1v) is 16.8. The van der Waals surface area contributed by atoms with E-state index in [0.717, 1.165) is 18.9 Å². The van der Waals surface area contributed by atoms with Crippen LogP contribution >= 0.6 is 11.6 Å². The number of likely N-dealkylation sites (tertiary alicyclic amines) is 1. The van der Waals surface area contributed by atoms with Crippen molar-refractivity contribution in [2.45, 2.75) is 67.8 Å². The van der Waals surface area contributed by atoms with Crippen LogP contribution in [0.3, 0.4) is 0 Å². The van der Waals surface area contributed by atoms with Crippen molar-refractivity contribution < 1.29 is 26.7 Å². The smallest absolute Gasteiger partial charge is 0.314 e. The van der Waals surface area contributed by atoms with Crippen molar-refractivity contribution in [2.24, 2.45) is 11.7 Å². The van der Waals surface area contributed by atoms with Crippen LogP contribution in [0.4, 0.5) is 8.78 Å². The summed E-state index contributed by atoms with van der Waals surface area (Å²) in [5.74, 6) is -4.07. The van der Waals surface area contributed by atoms with Gasteiger partial charge in [-0.2, -0.15) is 13.5 Å². The molecule has 1 saturated heterocycles. The first kappa shape index (κ1) is 32.3. The summed E-state index contributed by atoms with van der Waals surface area (Å²) in [7, 11) is -4.55. The highest BCUT2D eigenvalue weighted by Gasteiger charge is 2.51. The van der Waals surface area contributed by atoms with E-state index in [9.17, 15) is 13.2 Å². The van der Waals surface area contributed by atoms with Gasteiger partial charge in [0.15, 0.2) is 6.04 Å². The third kappa shape index (κ3) is 7.74. The van der Waals surface area contributed by atoms with Gasteiger partial charge >= 0.3 is 5.92 Å². The van der Waals surface area contributed by atoms with Crippen molar-refractivity contribution in [1.29, 1.82) is 0 Å². The van der Waals surface area contributed by atoms with Crippen molar-refractivity contribution in [2.75, 3.05) is 19.7 Å². The van der Waals surface area contributed by atoms with Crippen LogP contribution in [0.5, 0.6) is 5.75 Å². The number of halogens is 3. The van der Waals surface area contributed by atoms with E-state index in [4.69, 9.17) is 22.1 Å². The van der Waals surface area contributed by atoms with Crippen LogP contribution in [-0.2, 0) is 20.7 Å². The highest BCUT2D eigenvalue weighted by molar-refractivity contribution is 7.89. The maximum Gasteiger partial charge on any atom is 0.314 e. The van der Waals surface area contributed by atoms with Crippen LogP contribution < -0.4 is 15.2 Å². The standard InChI is InChI=1S/C32H37ClF2N4O4S/c33-25-9-6-23(7-10-25)24-8-15-29(37-20-24)32(34,35)30(31(40)39-18-16-26(36)17-19-39)38-44(41,42)28-13-11-27(12-14-28)43-21-22-4-2-1-3-5-22/h6-15,20,22,26,30,38H,1-5,16-19,21,36H2/t30-/m1/s1. The molecule has 12 heteroatoms. The van der Waals surface area contributed by atoms with Crippen LogP contribution in [0, 0.1) is 5.92 Å². The van der Waals surface area contributed by atoms with Crippen LogP contribution in [-0.4, -0.2) is 56.0 Å². The fourth-order valence-electron chi connectivity index (χ4n) is 5.64. The molecule has 1 aliphatic heterocycles. The minimum Gasteiger partial charge on any atom is -0.493 e. The number of hydrogen-bond acceptors (Lipinski definition) is 6. The molecule has 2 heterocycles. The predicted molar refractivity (Wildman–Crippen MR) is 165 cm³/mol. The lowest BCUT2D eigenvalue weighted by Crippen LogP contribution is -2.58. The second-order valence-electron chi connectivity index (χ2n) is 11.6. The summed E-state index contributed by atoms with van der Waals surface area (Å²) in [5.41, 5.74) is 6.47. The molecule has 1 aliphatic carbocycles. The van der Waals surface area contributed by atoms with Gasteiger partial charge in [-0.3, -0.25) is 9.78 Å². The number of nitrogens with one attached hydrogen (secondary N) is 1. The number of rotatable bonds is 10. The lowest BCUT2D eigenvalue weighted by atomic mass is 9.90. The summed E-state index contributed by atoms with van der Waals surface area (Å²) in [5, 5.41) is 0.527. The highest BCUT2D eigenvalue weighted by atomic mass is 35.5. The normalized spacial score (nSPS) is 17.8. The Morgan fingerprint density at radius 2 is 1.61 bits per heavy atom. The summed E-state index contributed by atoms with van der Waals surface area (Å²) in [4.78, 5) is 18.5. The first-order chi connectivity index (χ1) is 21.0. The van der Waals surface area contributed by atoms with E-state index in [-0.39, 0.29) is 24.0 Å². The van der Waals surface area contributed by atoms with Crippen molar-refractivity contribution in [3.63, 3.8) is 0 Å². The molecule has 3 N–H and O–H groups in total. The number of piperidine rings is 1. The molecule has 8 nitrogen and oxygen atoms in total. The van der Waals surface area contributed by atoms with Gasteiger partial charge in [-0.1, -0.05) is 49.1 Å². The van der Waals surface area contributed by atoms with E-state index in [1.165, 1.54) is 60.7 Å². The molecule has 3 aromatic rings. The average molecular weight is 647 g/mol. The average Bonchev–Trinajstić information content (AvgIpc) is 3.04. The van der Waals surface area contributed by atoms with Crippen molar-refractivity contribution in [1.82, 2.24) is 14.6 Å². The van der Waals surface area contributed by atoms with E-state index in [2.05, 4.69) is 4.98 Å². The summed E-state index contributed by atoms with van der Waals surface area (Å²) in [6, 6.07) is 12.3. The summed E-state index contributed by atoms with van der Waals surface area (Å²) in [6.07, 6.45) is 7.88. The number of alkyl halides is 2. The van der Waals surface area contributed by atoms with Gasteiger partial charge in [-0.15, -0.1) is 0 Å². The van der Waals surface area contributed by atoms with Gasteiger partial charge in [0.25, 0.3) is 0 Å². The van der Waals surface area contributed by atoms with Crippen LogP contribution in [0.1, 0.15) is 50.6 Å². The fourth-order valence-corrected chi connectivity index (χ4v) is 6.96. The van der Waals surface area contributed by atoms with E-state index < -0.39 is 33.6 Å². The Bertz CT molecular complexity index is 1510. The lowest BCUT2D eigenvalue weighted by Gasteiger charge is -2.35. The number of sulfonamides is 1. The lowest BCUT2D eigenvalue weighted by molar-refractivity contribution is -0.145. The Morgan fingerprint density at radius 1 is 0.977 bits per heavy atom. The zero-order valence-electron chi connectivity index (χ0n) is 24.3. The highest BCUT2D eigenvalue weighted by Crippen LogP contribution is 2.34. The van der Waals surface area contributed by atoms with Gasteiger partial charge in [0.1, 0.15) is 11.4 Å². The molecule has 0 radical (unpaired) electrons. The van der Waals surface area contributed by atoms with E-state index in [1.54, 1.807) is 24.3 Å². The number of nitrogens with two attached hydrogens (primary N) is 1. The van der Waals surface area contributed by atoms with Gasteiger partial charge in [-0.05, 0) is 79.6 Å². The number of ether oxygens (including phenoxy) is 1. The minimum atomic E-state index is -4.55. The Hall–Kier alpha value is -3.12. The fraction of sp³-hybridized carbons (Fsp3) is 0.438. The number of pyridine rings is 1. The van der Waals surface area contributed by atoms with Crippen LogP contribution in [0.25, 0.3) is 11.1 Å². The van der Waals surface area contributed by atoms with Gasteiger partial charge in [0.2, 0.25) is 15.9 Å². The molecular formula is C32H37ClF2N4O4S. The largest absolute Gasteiger partial charge is 0.493 e. The summed E-state index contributed by atoms with van der Waals surface area (Å²) in [6.45, 7) is 0.824. The molecule has 5 rings (SSSR count). The third-order valence-electron chi connectivity index (χ3n) is 8.36. The number of carbonyl (C=O) groups is 1. The minimum absolute atomic E-state index is 0.143. The van der Waals surface area contributed by atoms with Gasteiger partial charge in [-0.25, -0.2) is 8.42 Å². The molecule has 1 atom stereocenters. The number of nitrogens with zero attached hydrogens (tertiary/aromatic N) is 2. The molecule has 44 heavy (non-hydrogen) atoms. The molecule has 1 aromatic heterocycles. The van der Waals surface area contributed by atoms with Crippen LogP contribution in [0.2, 0.25) is 5.02 Å². The molecule has 236 valence electrons. The molecule has 0 spiro atoms. The Kier molecular flexibility index (Phi) is 10.2. The second kappa shape index (κ2) is 13.9. The number of hydrogen-bond donors (Lipinski definition) is 2. The topological polar surface area (TPSA) is 115 Å². The van der Waals surface area contributed by atoms with Crippen molar-refractivity contribution in [3.05, 3.63) is 77.6 Å². The van der Waals surface area contributed by atoms with Gasteiger partial charge < -0.3 is 15.4 Å². The molecule has 2 aliphatic rings. The van der Waals surface area contributed by atoms with Gasteiger partial charge in [0.05, 0.1) is 11.5 Å². The number of amides is 1. The van der Waals surface area contributed by atoms with Crippen LogP contribution in [0.15, 0.2) is 71.8 Å². The predicted octanol–water partition coefficient (Wildman–Crippen LogP) is 5.75. The molecule has 1 saturated carbocycles. The van der Waals surface area contributed by atoms with E-state index in [0.29, 0.717) is 47.3 Å². The summed E-state index contributed by atoms with van der Waals surface area (Å²) >= 11 is 5.95. The molecular weight excluding hydrogens is 610 g/mol. The molecule has 2 fully saturated rings. The maximum absolute atomic E-state index is 16.2. The Balaban J connectivity index is 1.37. The number of benzene rings is 2. The monoisotopic (exact) mass is 646 g/mol. The second-order valence-corrected chi connectivity index (χ2v) is 13.7. The van der Waals surface area contributed by atoms with Crippen molar-refractivity contribution >= 4 is 27.5 Å². The van der Waals surface area contributed by atoms with Crippen molar-refractivity contribution in [3.8, 4) is 16.9 Å². The van der Waals surface area contributed by atoms with E-state index >= 15 is 8.78 Å². The Morgan fingerprint density at radius 3 is 2.23 bits per heavy atom. The third-order valence-corrected chi connectivity index (χ3v) is 10.1. The number of aromatic nitrogens is 1.